The maximum atomic E-state index is 13.8. The fraction of sp³-hybridized carbons (Fsp3) is 0.815. The van der Waals surface area contributed by atoms with Gasteiger partial charge in [0.1, 0.15) is 6.04 Å². The lowest BCUT2D eigenvalue weighted by molar-refractivity contribution is -0.142. The number of rotatable bonds is 9. The molecule has 2 aliphatic rings. The molecule has 7 heteroatoms. The summed E-state index contributed by atoms with van der Waals surface area (Å²) in [6, 6.07) is -0.606. The topological polar surface area (TPSA) is 79.0 Å². The molecule has 2 amide bonds. The van der Waals surface area contributed by atoms with Crippen molar-refractivity contribution < 1.29 is 19.1 Å². The summed E-state index contributed by atoms with van der Waals surface area (Å²) >= 11 is 0. The third kappa shape index (κ3) is 7.06. The van der Waals surface area contributed by atoms with Gasteiger partial charge in [-0.05, 0) is 57.4 Å². The molecule has 0 aromatic rings. The van der Waals surface area contributed by atoms with Crippen molar-refractivity contribution in [1.82, 2.24) is 15.1 Å². The van der Waals surface area contributed by atoms with Gasteiger partial charge in [-0.1, -0.05) is 53.5 Å². The van der Waals surface area contributed by atoms with E-state index in [1.807, 2.05) is 40.7 Å². The summed E-state index contributed by atoms with van der Waals surface area (Å²) in [5, 5.41) is 3.15. The third-order valence-electron chi connectivity index (χ3n) is 7.29. The predicted molar refractivity (Wildman–Crippen MR) is 135 cm³/mol. The highest BCUT2D eigenvalue weighted by atomic mass is 16.5. The Bertz CT molecular complexity index is 751. The zero-order valence-corrected chi connectivity index (χ0v) is 22.6. The van der Waals surface area contributed by atoms with Crippen LogP contribution < -0.4 is 5.32 Å². The second kappa shape index (κ2) is 12.2. The quantitative estimate of drug-likeness (QED) is 0.402. The first kappa shape index (κ1) is 28.3. The lowest BCUT2D eigenvalue weighted by Gasteiger charge is -2.45. The van der Waals surface area contributed by atoms with Gasteiger partial charge in [-0.15, -0.1) is 0 Å². The normalized spacial score (nSPS) is 22.0. The number of ether oxygens (including phenoxy) is 1. The third-order valence-corrected chi connectivity index (χ3v) is 7.29. The van der Waals surface area contributed by atoms with Crippen molar-refractivity contribution in [2.45, 2.75) is 111 Å². The lowest BCUT2D eigenvalue weighted by atomic mass is 9.84. The maximum Gasteiger partial charge on any atom is 0.333 e. The number of amides is 2. The van der Waals surface area contributed by atoms with E-state index in [9.17, 15) is 14.4 Å². The predicted octanol–water partition coefficient (Wildman–Crippen LogP) is 3.92. The number of hydrogen-bond acceptors (Lipinski definition) is 5. The molecule has 0 aromatic heterocycles. The molecule has 1 heterocycles. The van der Waals surface area contributed by atoms with Crippen LogP contribution >= 0.6 is 0 Å². The Morgan fingerprint density at radius 3 is 2.26 bits per heavy atom. The summed E-state index contributed by atoms with van der Waals surface area (Å²) in [5.41, 5.74) is 0.0215. The molecular weight excluding hydrogens is 430 g/mol. The maximum absolute atomic E-state index is 13.8. The van der Waals surface area contributed by atoms with Gasteiger partial charge in [-0.25, -0.2) is 4.79 Å². The molecule has 1 N–H and O–H groups in total. The van der Waals surface area contributed by atoms with Gasteiger partial charge in [0.2, 0.25) is 11.8 Å². The first-order chi connectivity index (χ1) is 15.9. The first-order valence-electron chi connectivity index (χ1n) is 13.1. The second-order valence-corrected chi connectivity index (χ2v) is 11.4. The smallest absolute Gasteiger partial charge is 0.333 e. The molecule has 1 saturated carbocycles. The van der Waals surface area contributed by atoms with E-state index in [1.54, 1.807) is 25.8 Å². The SMILES string of the molecule is CCOC(=O)/C(C)=C/[C@H](C(C)C)N(C)C(=O)[C@@H](NC(=O)C1CCCCN1C1CCC1)C(C)(C)C. The number of nitrogens with one attached hydrogen (secondary N) is 1. The van der Waals surface area contributed by atoms with Crippen LogP contribution in [0.4, 0.5) is 0 Å². The molecule has 3 atom stereocenters. The number of esters is 1. The van der Waals surface area contributed by atoms with Crippen molar-refractivity contribution >= 4 is 17.8 Å². The Balaban J connectivity index is 2.22. The Morgan fingerprint density at radius 1 is 1.12 bits per heavy atom. The van der Waals surface area contributed by atoms with E-state index in [0.717, 1.165) is 38.6 Å². The van der Waals surface area contributed by atoms with Gasteiger partial charge in [0.25, 0.3) is 0 Å². The van der Waals surface area contributed by atoms with Crippen LogP contribution in [-0.4, -0.2) is 72.0 Å². The second-order valence-electron chi connectivity index (χ2n) is 11.4. The number of likely N-dealkylation sites (tertiary alicyclic amines) is 1. The molecule has 2 fully saturated rings. The molecule has 2 rings (SSSR count). The van der Waals surface area contributed by atoms with Crippen molar-refractivity contribution in [3.8, 4) is 0 Å². The van der Waals surface area contributed by atoms with E-state index in [-0.39, 0.29) is 35.8 Å². The molecule has 194 valence electrons. The number of nitrogens with zero attached hydrogens (tertiary/aromatic N) is 2. The first-order valence-corrected chi connectivity index (χ1v) is 13.1. The number of hydrogen-bond donors (Lipinski definition) is 1. The summed E-state index contributed by atoms with van der Waals surface area (Å²) in [6.45, 7) is 14.8. The summed E-state index contributed by atoms with van der Waals surface area (Å²) in [7, 11) is 1.76. The van der Waals surface area contributed by atoms with Gasteiger partial charge < -0.3 is 15.0 Å². The summed E-state index contributed by atoms with van der Waals surface area (Å²) in [4.78, 5) is 43.5. The van der Waals surface area contributed by atoms with Crippen LogP contribution in [0.5, 0.6) is 0 Å². The van der Waals surface area contributed by atoms with Crippen molar-refractivity contribution in [3.63, 3.8) is 0 Å². The Kier molecular flexibility index (Phi) is 10.2. The van der Waals surface area contributed by atoms with Crippen molar-refractivity contribution in [2.24, 2.45) is 11.3 Å². The molecule has 0 bridgehead atoms. The molecular formula is C27H47N3O4. The zero-order valence-electron chi connectivity index (χ0n) is 22.6. The minimum atomic E-state index is -0.660. The zero-order chi connectivity index (χ0) is 25.6. The number of piperidine rings is 1. The van der Waals surface area contributed by atoms with Gasteiger partial charge in [-0.3, -0.25) is 14.5 Å². The minimum Gasteiger partial charge on any atom is -0.463 e. The Morgan fingerprint density at radius 2 is 1.76 bits per heavy atom. The highest BCUT2D eigenvalue weighted by Gasteiger charge is 2.41. The van der Waals surface area contributed by atoms with E-state index in [1.165, 1.54) is 6.42 Å². The number of likely N-dealkylation sites (N-methyl/N-ethyl adjacent to an activating group) is 1. The molecule has 1 aliphatic carbocycles. The average Bonchev–Trinajstić information content (AvgIpc) is 2.72. The van der Waals surface area contributed by atoms with Gasteiger partial charge in [0, 0.05) is 18.7 Å². The minimum absolute atomic E-state index is 0.0346. The molecule has 0 radical (unpaired) electrons. The van der Waals surface area contributed by atoms with Crippen molar-refractivity contribution in [2.75, 3.05) is 20.2 Å². The van der Waals surface area contributed by atoms with Crippen molar-refractivity contribution in [3.05, 3.63) is 11.6 Å². The summed E-state index contributed by atoms with van der Waals surface area (Å²) in [6.07, 6.45) is 8.39. The van der Waals surface area contributed by atoms with Crippen LogP contribution in [0.2, 0.25) is 0 Å². The van der Waals surface area contributed by atoms with Gasteiger partial charge >= 0.3 is 5.97 Å². The largest absolute Gasteiger partial charge is 0.463 e. The van der Waals surface area contributed by atoms with Gasteiger partial charge in [0.15, 0.2) is 0 Å². The summed E-state index contributed by atoms with van der Waals surface area (Å²) < 4.78 is 5.12. The van der Waals surface area contributed by atoms with Crippen LogP contribution in [-0.2, 0) is 19.1 Å². The van der Waals surface area contributed by atoms with Crippen LogP contribution in [0.15, 0.2) is 11.6 Å². The summed E-state index contributed by atoms with van der Waals surface area (Å²) in [5.74, 6) is -0.462. The Labute approximate surface area is 206 Å². The van der Waals surface area contributed by atoms with E-state index in [4.69, 9.17) is 4.74 Å². The van der Waals surface area contributed by atoms with Crippen LogP contribution in [0.1, 0.15) is 87.0 Å². The van der Waals surface area contributed by atoms with E-state index >= 15 is 0 Å². The van der Waals surface area contributed by atoms with Gasteiger partial charge in [-0.2, -0.15) is 0 Å². The molecule has 7 nitrogen and oxygen atoms in total. The fourth-order valence-corrected chi connectivity index (χ4v) is 4.95. The van der Waals surface area contributed by atoms with Gasteiger partial charge in [0.05, 0.1) is 18.7 Å². The van der Waals surface area contributed by atoms with Crippen LogP contribution in [0.3, 0.4) is 0 Å². The fourth-order valence-electron chi connectivity index (χ4n) is 4.95. The molecule has 1 aliphatic heterocycles. The number of carbonyl (C=O) groups is 3. The van der Waals surface area contributed by atoms with E-state index in [2.05, 4.69) is 10.2 Å². The van der Waals surface area contributed by atoms with E-state index in [0.29, 0.717) is 18.2 Å². The molecule has 0 spiro atoms. The van der Waals surface area contributed by atoms with E-state index < -0.39 is 11.5 Å². The molecule has 0 aromatic carbocycles. The average molecular weight is 478 g/mol. The number of carbonyl (C=O) groups excluding carboxylic acids is 3. The van der Waals surface area contributed by atoms with Crippen molar-refractivity contribution in [1.29, 1.82) is 0 Å². The highest BCUT2D eigenvalue weighted by molar-refractivity contribution is 5.91. The molecule has 34 heavy (non-hydrogen) atoms. The lowest BCUT2D eigenvalue weighted by Crippen LogP contribution is -2.61. The van der Waals surface area contributed by atoms with Crippen LogP contribution in [0, 0.1) is 11.3 Å². The molecule has 1 saturated heterocycles. The van der Waals surface area contributed by atoms with Crippen LogP contribution in [0.25, 0.3) is 0 Å². The highest BCUT2D eigenvalue weighted by Crippen LogP contribution is 2.31. The molecule has 1 unspecified atom stereocenters. The Hall–Kier alpha value is -1.89. The monoisotopic (exact) mass is 477 g/mol. The standard InChI is InChI=1S/C27H47N3O4/c1-9-34-26(33)19(4)17-22(18(2)3)29(8)25(32)23(27(5,6)7)28-24(31)21-15-10-11-16-30(21)20-13-12-14-20/h17-18,20-23H,9-16H2,1-8H3,(H,28,31)/b19-17+/t21?,22-,23-/m1/s1.